The van der Waals surface area contributed by atoms with Crippen molar-refractivity contribution in [3.63, 3.8) is 0 Å². The van der Waals surface area contributed by atoms with E-state index in [1.165, 1.54) is 11.1 Å². The zero-order valence-corrected chi connectivity index (χ0v) is 10.1. The van der Waals surface area contributed by atoms with Crippen LogP contribution in [0.15, 0.2) is 30.3 Å². The summed E-state index contributed by atoms with van der Waals surface area (Å²) >= 11 is 0. The van der Waals surface area contributed by atoms with Gasteiger partial charge in [-0.15, -0.1) is 0 Å². The molecule has 1 heteroatoms. The summed E-state index contributed by atoms with van der Waals surface area (Å²) < 4.78 is 5.24. The maximum absolute atomic E-state index is 5.24. The Balaban J connectivity index is 3.02. The SMILES string of the molecule is C/C=C(/c1cccc(OC)c1)[C@@H](C)CC. The molecular formula is C14H20O. The lowest BCUT2D eigenvalue weighted by Crippen LogP contribution is -1.97. The molecule has 1 rings (SSSR count). The van der Waals surface area contributed by atoms with Crippen molar-refractivity contribution in [3.05, 3.63) is 35.9 Å². The number of hydrogen-bond acceptors (Lipinski definition) is 1. The molecule has 0 saturated heterocycles. The fraction of sp³-hybridized carbons (Fsp3) is 0.429. The number of methoxy groups -OCH3 is 1. The van der Waals surface area contributed by atoms with Gasteiger partial charge in [0, 0.05) is 0 Å². The van der Waals surface area contributed by atoms with Crippen molar-refractivity contribution >= 4 is 5.57 Å². The van der Waals surface area contributed by atoms with Crippen LogP contribution < -0.4 is 4.74 Å². The normalized spacial score (nSPS) is 13.7. The van der Waals surface area contributed by atoms with E-state index >= 15 is 0 Å². The summed E-state index contributed by atoms with van der Waals surface area (Å²) in [5.74, 6) is 1.53. The molecule has 0 aliphatic heterocycles. The lowest BCUT2D eigenvalue weighted by atomic mass is 9.92. The molecule has 1 aromatic rings. The van der Waals surface area contributed by atoms with Crippen molar-refractivity contribution in [3.8, 4) is 5.75 Å². The standard InChI is InChI=1S/C14H20O/c1-5-11(3)14(6-2)12-8-7-9-13(10-12)15-4/h6-11H,5H2,1-4H3/b14-6+/t11-/m0/s1. The molecule has 0 heterocycles. The van der Waals surface area contributed by atoms with Crippen molar-refractivity contribution in [1.29, 1.82) is 0 Å². The lowest BCUT2D eigenvalue weighted by molar-refractivity contribution is 0.414. The van der Waals surface area contributed by atoms with Crippen LogP contribution in [0.2, 0.25) is 0 Å². The molecule has 0 radical (unpaired) electrons. The second-order valence-corrected chi connectivity index (χ2v) is 3.79. The van der Waals surface area contributed by atoms with Gasteiger partial charge in [-0.25, -0.2) is 0 Å². The molecule has 0 spiro atoms. The summed E-state index contributed by atoms with van der Waals surface area (Å²) in [6.07, 6.45) is 3.36. The van der Waals surface area contributed by atoms with E-state index in [9.17, 15) is 0 Å². The second-order valence-electron chi connectivity index (χ2n) is 3.79. The topological polar surface area (TPSA) is 9.23 Å². The Labute approximate surface area is 92.8 Å². The molecule has 0 aliphatic rings. The van der Waals surface area contributed by atoms with Gasteiger partial charge in [-0.2, -0.15) is 0 Å². The first kappa shape index (κ1) is 11.8. The Morgan fingerprint density at radius 2 is 2.20 bits per heavy atom. The van der Waals surface area contributed by atoms with E-state index in [2.05, 4.69) is 39.0 Å². The molecule has 82 valence electrons. The third-order valence-electron chi connectivity index (χ3n) is 2.86. The van der Waals surface area contributed by atoms with Crippen molar-refractivity contribution < 1.29 is 4.74 Å². The number of hydrogen-bond donors (Lipinski definition) is 0. The van der Waals surface area contributed by atoms with E-state index < -0.39 is 0 Å². The van der Waals surface area contributed by atoms with Crippen LogP contribution in [0.3, 0.4) is 0 Å². The highest BCUT2D eigenvalue weighted by atomic mass is 16.5. The van der Waals surface area contributed by atoms with Gasteiger partial charge < -0.3 is 4.74 Å². The number of benzene rings is 1. The molecular weight excluding hydrogens is 184 g/mol. The van der Waals surface area contributed by atoms with E-state index in [1.807, 2.05) is 12.1 Å². The minimum atomic E-state index is 0.599. The molecule has 0 amide bonds. The molecule has 0 saturated carbocycles. The Morgan fingerprint density at radius 3 is 2.73 bits per heavy atom. The van der Waals surface area contributed by atoms with Crippen molar-refractivity contribution in [2.24, 2.45) is 5.92 Å². The summed E-state index contributed by atoms with van der Waals surface area (Å²) in [5, 5.41) is 0. The number of allylic oxidation sites excluding steroid dienone is 2. The summed E-state index contributed by atoms with van der Waals surface area (Å²) in [6, 6.07) is 8.26. The maximum Gasteiger partial charge on any atom is 0.119 e. The number of rotatable bonds is 4. The molecule has 0 aliphatic carbocycles. The smallest absolute Gasteiger partial charge is 0.119 e. The fourth-order valence-electron chi connectivity index (χ4n) is 1.76. The summed E-state index contributed by atoms with van der Waals surface area (Å²) in [7, 11) is 1.71. The van der Waals surface area contributed by atoms with Gasteiger partial charge in [-0.05, 0) is 42.5 Å². The first-order valence-electron chi connectivity index (χ1n) is 5.53. The van der Waals surface area contributed by atoms with Crippen molar-refractivity contribution in [2.45, 2.75) is 27.2 Å². The summed E-state index contributed by atoms with van der Waals surface area (Å²) in [4.78, 5) is 0. The van der Waals surface area contributed by atoms with Crippen LogP contribution in [0.5, 0.6) is 5.75 Å². The first-order valence-corrected chi connectivity index (χ1v) is 5.53. The molecule has 0 aromatic heterocycles. The highest BCUT2D eigenvalue weighted by Crippen LogP contribution is 2.27. The van der Waals surface area contributed by atoms with Gasteiger partial charge in [-0.1, -0.05) is 32.1 Å². The first-order chi connectivity index (χ1) is 7.22. The van der Waals surface area contributed by atoms with Gasteiger partial charge in [0.2, 0.25) is 0 Å². The molecule has 0 unspecified atom stereocenters. The molecule has 0 bridgehead atoms. The van der Waals surface area contributed by atoms with Crippen LogP contribution in [0, 0.1) is 5.92 Å². The fourth-order valence-corrected chi connectivity index (χ4v) is 1.76. The van der Waals surface area contributed by atoms with E-state index in [4.69, 9.17) is 4.74 Å². The van der Waals surface area contributed by atoms with Gasteiger partial charge in [0.15, 0.2) is 0 Å². The van der Waals surface area contributed by atoms with Crippen LogP contribution in [-0.2, 0) is 0 Å². The van der Waals surface area contributed by atoms with Crippen LogP contribution in [-0.4, -0.2) is 7.11 Å². The van der Waals surface area contributed by atoms with Crippen molar-refractivity contribution in [1.82, 2.24) is 0 Å². The monoisotopic (exact) mass is 204 g/mol. The van der Waals surface area contributed by atoms with Gasteiger partial charge in [0.25, 0.3) is 0 Å². The molecule has 1 aromatic carbocycles. The minimum Gasteiger partial charge on any atom is -0.497 e. The average molecular weight is 204 g/mol. The van der Waals surface area contributed by atoms with E-state index in [1.54, 1.807) is 7.11 Å². The Kier molecular flexibility index (Phi) is 4.41. The predicted molar refractivity (Wildman–Crippen MR) is 66.1 cm³/mol. The highest BCUT2D eigenvalue weighted by molar-refractivity contribution is 5.67. The zero-order valence-electron chi connectivity index (χ0n) is 10.1. The zero-order chi connectivity index (χ0) is 11.3. The quantitative estimate of drug-likeness (QED) is 0.716. The van der Waals surface area contributed by atoms with Gasteiger partial charge in [0.1, 0.15) is 5.75 Å². The van der Waals surface area contributed by atoms with Crippen molar-refractivity contribution in [2.75, 3.05) is 7.11 Å². The summed E-state index contributed by atoms with van der Waals surface area (Å²) in [6.45, 7) is 6.57. The van der Waals surface area contributed by atoms with Crippen LogP contribution in [0.1, 0.15) is 32.8 Å². The third kappa shape index (κ3) is 2.85. The van der Waals surface area contributed by atoms with E-state index in [0.29, 0.717) is 5.92 Å². The molecule has 0 N–H and O–H groups in total. The minimum absolute atomic E-state index is 0.599. The van der Waals surface area contributed by atoms with Crippen LogP contribution in [0.25, 0.3) is 5.57 Å². The molecule has 0 fully saturated rings. The molecule has 1 nitrogen and oxygen atoms in total. The lowest BCUT2D eigenvalue weighted by Gasteiger charge is -2.14. The third-order valence-corrected chi connectivity index (χ3v) is 2.86. The van der Waals surface area contributed by atoms with Gasteiger partial charge in [0.05, 0.1) is 7.11 Å². The predicted octanol–water partition coefficient (Wildman–Crippen LogP) is 4.14. The molecule has 15 heavy (non-hydrogen) atoms. The van der Waals surface area contributed by atoms with Gasteiger partial charge >= 0.3 is 0 Å². The number of ether oxygens (including phenoxy) is 1. The highest BCUT2D eigenvalue weighted by Gasteiger charge is 2.08. The Morgan fingerprint density at radius 1 is 1.47 bits per heavy atom. The van der Waals surface area contributed by atoms with Crippen LogP contribution in [0.4, 0.5) is 0 Å². The van der Waals surface area contributed by atoms with Gasteiger partial charge in [-0.3, -0.25) is 0 Å². The largest absolute Gasteiger partial charge is 0.497 e. The van der Waals surface area contributed by atoms with E-state index in [-0.39, 0.29) is 0 Å². The van der Waals surface area contributed by atoms with E-state index in [0.717, 1.165) is 12.2 Å². The molecule has 1 atom stereocenters. The second kappa shape index (κ2) is 5.59. The maximum atomic E-state index is 5.24. The average Bonchev–Trinajstić information content (AvgIpc) is 2.30. The van der Waals surface area contributed by atoms with Crippen LogP contribution >= 0.6 is 0 Å². The Hall–Kier alpha value is -1.24. The summed E-state index contributed by atoms with van der Waals surface area (Å²) in [5.41, 5.74) is 2.67. The Bertz CT molecular complexity index is 339.